The van der Waals surface area contributed by atoms with Gasteiger partial charge in [0.2, 0.25) is 5.95 Å². The van der Waals surface area contributed by atoms with E-state index < -0.39 is 5.82 Å². The van der Waals surface area contributed by atoms with Gasteiger partial charge < -0.3 is 15.3 Å². The molecule has 0 amide bonds. The molecule has 11 heteroatoms. The molecule has 0 unspecified atom stereocenters. The van der Waals surface area contributed by atoms with Gasteiger partial charge in [0, 0.05) is 44.6 Å². The fraction of sp³-hybridized carbons (Fsp3) is 0.304. The lowest BCUT2D eigenvalue weighted by molar-refractivity contribution is 0.188. The van der Waals surface area contributed by atoms with Crippen molar-refractivity contribution in [2.75, 3.05) is 55.0 Å². The maximum absolute atomic E-state index is 14.4. The Morgan fingerprint density at radius 1 is 1.21 bits per heavy atom. The van der Waals surface area contributed by atoms with Crippen molar-refractivity contribution in [3.8, 4) is 0 Å². The summed E-state index contributed by atoms with van der Waals surface area (Å²) in [6.45, 7) is 5.40. The molecule has 3 heterocycles. The molecule has 9 nitrogen and oxygen atoms in total. The normalized spacial score (nSPS) is 14.5. The highest BCUT2D eigenvalue weighted by molar-refractivity contribution is 6.33. The summed E-state index contributed by atoms with van der Waals surface area (Å²) in [6, 6.07) is 9.38. The van der Waals surface area contributed by atoms with Gasteiger partial charge in [-0.05, 0) is 30.7 Å². The average molecular weight is 485 g/mol. The van der Waals surface area contributed by atoms with Crippen molar-refractivity contribution < 1.29 is 9.50 Å². The van der Waals surface area contributed by atoms with Crippen LogP contribution < -0.4 is 15.6 Å². The smallest absolute Gasteiger partial charge is 0.245 e. The van der Waals surface area contributed by atoms with E-state index in [1.807, 2.05) is 42.2 Å². The number of aromatic nitrogens is 3. The topological polar surface area (TPSA) is 102 Å². The Morgan fingerprint density at radius 2 is 2.03 bits per heavy atom. The molecule has 2 aromatic heterocycles. The summed E-state index contributed by atoms with van der Waals surface area (Å²) in [5.41, 5.74) is 6.02. The third kappa shape index (κ3) is 5.96. The number of piperazine rings is 1. The number of nitrogens with zero attached hydrogens (tertiary/aromatic N) is 6. The molecule has 0 bridgehead atoms. The predicted octanol–water partition coefficient (Wildman–Crippen LogP) is 3.28. The van der Waals surface area contributed by atoms with E-state index in [1.54, 1.807) is 6.20 Å². The van der Waals surface area contributed by atoms with Crippen LogP contribution in [-0.2, 0) is 0 Å². The van der Waals surface area contributed by atoms with E-state index in [1.165, 1.54) is 6.21 Å². The van der Waals surface area contributed by atoms with E-state index in [0.29, 0.717) is 30.4 Å². The number of aliphatic hydroxyl groups excluding tert-OH is 1. The number of hydrogen-bond donors (Lipinski definition) is 3. The van der Waals surface area contributed by atoms with Crippen LogP contribution in [0.3, 0.4) is 0 Å². The van der Waals surface area contributed by atoms with Crippen molar-refractivity contribution in [3.63, 3.8) is 0 Å². The molecule has 3 aromatic rings. The van der Waals surface area contributed by atoms with E-state index in [-0.39, 0.29) is 18.4 Å². The summed E-state index contributed by atoms with van der Waals surface area (Å²) >= 11 is 6.30. The fourth-order valence-electron chi connectivity index (χ4n) is 3.65. The Balaban J connectivity index is 1.40. The van der Waals surface area contributed by atoms with Crippen LogP contribution >= 0.6 is 11.6 Å². The van der Waals surface area contributed by atoms with Crippen LogP contribution in [0.4, 0.5) is 27.5 Å². The van der Waals surface area contributed by atoms with Crippen LogP contribution in [0.25, 0.3) is 0 Å². The number of pyridine rings is 1. The van der Waals surface area contributed by atoms with Crippen LogP contribution in [0.15, 0.2) is 47.8 Å². The maximum atomic E-state index is 14.4. The number of aryl methyl sites for hydroxylation is 1. The standard InChI is InChI=1S/C23H26ClFN8O/c1-16-3-2-4-19(24)21(16)29-17-5-6-26-18(13-17)14-28-31-23-27-15-20(25)22(30-23)33-9-7-32(8-10-33)11-12-34/h2-6,13-15,34H,7-12H2,1H3,(H,26,29)(H,27,30,31)/b28-14+. The number of rotatable bonds is 8. The van der Waals surface area contributed by atoms with Gasteiger partial charge in [-0.25, -0.2) is 14.8 Å². The molecule has 0 aliphatic carbocycles. The number of para-hydroxylation sites is 1. The van der Waals surface area contributed by atoms with Gasteiger partial charge in [0.15, 0.2) is 11.6 Å². The van der Waals surface area contributed by atoms with Crippen LogP contribution in [0, 0.1) is 12.7 Å². The molecule has 34 heavy (non-hydrogen) atoms. The molecule has 0 radical (unpaired) electrons. The number of hydrazone groups is 1. The Labute approximate surface area is 202 Å². The van der Waals surface area contributed by atoms with Crippen LogP contribution in [-0.4, -0.2) is 70.5 Å². The fourth-order valence-corrected chi connectivity index (χ4v) is 3.91. The highest BCUT2D eigenvalue weighted by Crippen LogP contribution is 2.28. The zero-order valence-corrected chi connectivity index (χ0v) is 19.5. The number of aliphatic hydroxyl groups is 1. The van der Waals surface area contributed by atoms with Crippen LogP contribution in [0.1, 0.15) is 11.3 Å². The molecule has 1 fully saturated rings. The minimum absolute atomic E-state index is 0.113. The van der Waals surface area contributed by atoms with Crippen molar-refractivity contribution in [2.45, 2.75) is 6.92 Å². The van der Waals surface area contributed by atoms with Gasteiger partial charge >= 0.3 is 0 Å². The number of nitrogens with one attached hydrogen (secondary N) is 2. The van der Waals surface area contributed by atoms with Gasteiger partial charge in [-0.2, -0.15) is 10.1 Å². The second-order valence-corrected chi connectivity index (χ2v) is 8.22. The molecule has 0 saturated carbocycles. The highest BCUT2D eigenvalue weighted by Gasteiger charge is 2.21. The van der Waals surface area contributed by atoms with Gasteiger partial charge in [-0.3, -0.25) is 9.88 Å². The van der Waals surface area contributed by atoms with E-state index in [2.05, 4.69) is 35.7 Å². The predicted molar refractivity (Wildman–Crippen MR) is 133 cm³/mol. The molecule has 1 aromatic carbocycles. The number of β-amino-alcohol motifs (C(OH)–C–C–N with tert-alkyl or cyclic N) is 1. The third-order valence-corrected chi connectivity index (χ3v) is 5.76. The van der Waals surface area contributed by atoms with Crippen molar-refractivity contribution in [1.29, 1.82) is 0 Å². The van der Waals surface area contributed by atoms with Crippen molar-refractivity contribution in [2.24, 2.45) is 5.10 Å². The molecular weight excluding hydrogens is 459 g/mol. The quantitative estimate of drug-likeness (QED) is 0.331. The summed E-state index contributed by atoms with van der Waals surface area (Å²) in [5, 5.41) is 17.2. The average Bonchev–Trinajstić information content (AvgIpc) is 2.84. The first-order valence-electron chi connectivity index (χ1n) is 10.9. The first-order chi connectivity index (χ1) is 16.5. The molecule has 0 atom stereocenters. The minimum atomic E-state index is -0.486. The SMILES string of the molecule is Cc1cccc(Cl)c1Nc1ccnc(/C=N/Nc2ncc(F)c(N3CCN(CCO)CC3)n2)c1. The Bertz CT molecular complexity index is 1130. The van der Waals surface area contributed by atoms with Gasteiger partial charge in [0.1, 0.15) is 0 Å². The molecule has 1 aliphatic heterocycles. The lowest BCUT2D eigenvalue weighted by atomic mass is 10.2. The zero-order valence-electron chi connectivity index (χ0n) is 18.7. The van der Waals surface area contributed by atoms with Crippen molar-refractivity contribution >= 4 is 41.0 Å². The van der Waals surface area contributed by atoms with Crippen LogP contribution in [0.2, 0.25) is 5.02 Å². The molecule has 178 valence electrons. The van der Waals surface area contributed by atoms with Crippen molar-refractivity contribution in [1.82, 2.24) is 19.9 Å². The molecule has 4 rings (SSSR count). The second kappa shape index (κ2) is 11.2. The molecule has 3 N–H and O–H groups in total. The summed E-state index contributed by atoms with van der Waals surface area (Å²) in [5.74, 6) is -0.0670. The van der Waals surface area contributed by atoms with Gasteiger partial charge in [-0.1, -0.05) is 23.7 Å². The van der Waals surface area contributed by atoms with E-state index in [0.717, 1.165) is 36.2 Å². The van der Waals surface area contributed by atoms with Crippen LogP contribution in [0.5, 0.6) is 0 Å². The Morgan fingerprint density at radius 3 is 2.79 bits per heavy atom. The molecular formula is C23H26ClFN8O. The number of hydrogen-bond acceptors (Lipinski definition) is 9. The number of benzene rings is 1. The largest absolute Gasteiger partial charge is 0.395 e. The summed E-state index contributed by atoms with van der Waals surface area (Å²) in [6.07, 6.45) is 4.33. The van der Waals surface area contributed by atoms with Gasteiger partial charge in [0.25, 0.3) is 0 Å². The first-order valence-corrected chi connectivity index (χ1v) is 11.3. The van der Waals surface area contributed by atoms with Crippen molar-refractivity contribution in [3.05, 3.63) is 64.8 Å². The maximum Gasteiger partial charge on any atom is 0.245 e. The first kappa shape index (κ1) is 23.8. The molecule has 0 spiro atoms. The summed E-state index contributed by atoms with van der Waals surface area (Å²) in [4.78, 5) is 16.6. The van der Waals surface area contributed by atoms with Gasteiger partial charge in [0.05, 0.1) is 35.4 Å². The molecule has 1 saturated heterocycles. The Kier molecular flexibility index (Phi) is 7.84. The van der Waals surface area contributed by atoms with E-state index in [4.69, 9.17) is 16.7 Å². The highest BCUT2D eigenvalue weighted by atomic mass is 35.5. The van der Waals surface area contributed by atoms with Gasteiger partial charge in [-0.15, -0.1) is 0 Å². The second-order valence-electron chi connectivity index (χ2n) is 7.81. The lowest BCUT2D eigenvalue weighted by Gasteiger charge is -2.35. The third-order valence-electron chi connectivity index (χ3n) is 5.45. The minimum Gasteiger partial charge on any atom is -0.395 e. The molecule has 1 aliphatic rings. The number of anilines is 4. The lowest BCUT2D eigenvalue weighted by Crippen LogP contribution is -2.47. The summed E-state index contributed by atoms with van der Waals surface area (Å²) < 4.78 is 14.4. The zero-order chi connectivity index (χ0) is 23.9. The summed E-state index contributed by atoms with van der Waals surface area (Å²) in [7, 11) is 0. The Hall–Kier alpha value is -3.34. The monoisotopic (exact) mass is 484 g/mol. The number of halogens is 2. The van der Waals surface area contributed by atoms with E-state index in [9.17, 15) is 4.39 Å². The van der Waals surface area contributed by atoms with E-state index >= 15 is 0 Å².